The summed E-state index contributed by atoms with van der Waals surface area (Å²) in [7, 11) is 0. The quantitative estimate of drug-likeness (QED) is 0.469. The highest BCUT2D eigenvalue weighted by Crippen LogP contribution is 2.29. The van der Waals surface area contributed by atoms with Gasteiger partial charge in [-0.05, 0) is 40.5 Å². The van der Waals surface area contributed by atoms with Crippen molar-refractivity contribution in [1.82, 2.24) is 0 Å². The van der Waals surface area contributed by atoms with E-state index in [1.54, 1.807) is 6.92 Å². The summed E-state index contributed by atoms with van der Waals surface area (Å²) >= 11 is 3.25. The number of hydrogen-bond donors (Lipinski definition) is 2. The van der Waals surface area contributed by atoms with Crippen molar-refractivity contribution in [1.29, 1.82) is 0 Å². The number of halogens is 1. The zero-order valence-corrected chi connectivity index (χ0v) is 14.2. The Balaban J connectivity index is 2.28. The maximum Gasteiger partial charge on any atom is 0.350 e. The molecule has 7 nitrogen and oxygen atoms in total. The topological polar surface area (TPSA) is 102 Å². The number of aryl methyl sites for hydroxylation is 1. The molecule has 1 heterocycles. The molecule has 1 aromatic carbocycles. The molecule has 1 fully saturated rings. The maximum atomic E-state index is 11.8. The Labute approximate surface area is 140 Å². The summed E-state index contributed by atoms with van der Waals surface area (Å²) in [5.74, 6) is -3.95. The van der Waals surface area contributed by atoms with Gasteiger partial charge in [-0.2, -0.15) is 0 Å². The molecule has 0 atom stereocenters. The molecule has 2 rings (SSSR count). The number of carbonyl (C=O) groups is 3. The summed E-state index contributed by atoms with van der Waals surface area (Å²) in [5, 5.41) is 11.8. The minimum absolute atomic E-state index is 0.116. The number of cyclic esters (lactones) is 2. The van der Waals surface area contributed by atoms with Gasteiger partial charge in [-0.1, -0.05) is 0 Å². The molecular formula is C15H14BrNO6. The lowest BCUT2D eigenvalue weighted by atomic mass is 10.1. The molecule has 0 aromatic heterocycles. The third kappa shape index (κ3) is 3.70. The molecule has 1 saturated heterocycles. The van der Waals surface area contributed by atoms with Gasteiger partial charge in [0.15, 0.2) is 5.57 Å². The van der Waals surface area contributed by atoms with Gasteiger partial charge in [-0.15, -0.1) is 0 Å². The van der Waals surface area contributed by atoms with E-state index in [2.05, 4.69) is 21.2 Å². The van der Waals surface area contributed by atoms with Crippen LogP contribution in [0.2, 0.25) is 0 Å². The van der Waals surface area contributed by atoms with Crippen LogP contribution in [0, 0.1) is 6.92 Å². The number of esters is 2. The van der Waals surface area contributed by atoms with Crippen molar-refractivity contribution < 1.29 is 29.0 Å². The molecule has 0 radical (unpaired) electrons. The maximum absolute atomic E-state index is 11.8. The fraction of sp³-hybridized carbons (Fsp3) is 0.267. The fourth-order valence-electron chi connectivity index (χ4n) is 1.97. The minimum atomic E-state index is -1.30. The molecule has 122 valence electrons. The molecule has 0 amide bonds. The average Bonchev–Trinajstić information content (AvgIpc) is 2.38. The zero-order valence-electron chi connectivity index (χ0n) is 12.6. The van der Waals surface area contributed by atoms with E-state index in [9.17, 15) is 14.4 Å². The number of carboxylic acids is 1. The molecular weight excluding hydrogens is 370 g/mol. The molecule has 2 N–H and O–H groups in total. The number of hydrogen-bond acceptors (Lipinski definition) is 6. The predicted molar refractivity (Wildman–Crippen MR) is 83.8 cm³/mol. The number of anilines is 1. The summed E-state index contributed by atoms with van der Waals surface area (Å²) in [6.07, 6.45) is 1.17. The van der Waals surface area contributed by atoms with Crippen LogP contribution in [0.5, 0.6) is 0 Å². The standard InChI is InChI=1S/C15H14BrNO6/c1-7-4-8(12(18)19)5-10(16)11(7)17-6-9-13(20)22-15(2,3)23-14(9)21/h4-6,17H,1-3H3,(H,18,19). The Morgan fingerprint density at radius 2 is 1.83 bits per heavy atom. The molecule has 1 aliphatic heterocycles. The van der Waals surface area contributed by atoms with E-state index in [1.807, 2.05) is 0 Å². The fourth-order valence-corrected chi connectivity index (χ4v) is 2.65. The number of carboxylic acid groups (broad SMARTS) is 1. The van der Waals surface area contributed by atoms with Crippen LogP contribution >= 0.6 is 15.9 Å². The molecule has 0 unspecified atom stereocenters. The van der Waals surface area contributed by atoms with E-state index in [4.69, 9.17) is 14.6 Å². The Morgan fingerprint density at radius 3 is 2.30 bits per heavy atom. The van der Waals surface area contributed by atoms with Gasteiger partial charge in [0.25, 0.3) is 5.79 Å². The summed E-state index contributed by atoms with van der Waals surface area (Å²) in [6, 6.07) is 2.88. The number of nitrogens with one attached hydrogen (secondary N) is 1. The van der Waals surface area contributed by atoms with Gasteiger partial charge in [0.1, 0.15) is 0 Å². The van der Waals surface area contributed by atoms with Crippen molar-refractivity contribution in [2.24, 2.45) is 0 Å². The van der Waals surface area contributed by atoms with Crippen molar-refractivity contribution in [3.05, 3.63) is 39.5 Å². The normalized spacial score (nSPS) is 16.4. The number of benzene rings is 1. The molecule has 1 aliphatic rings. The van der Waals surface area contributed by atoms with Gasteiger partial charge in [-0.3, -0.25) is 0 Å². The molecule has 0 bridgehead atoms. The largest absolute Gasteiger partial charge is 0.478 e. The molecule has 8 heteroatoms. The Morgan fingerprint density at radius 1 is 1.26 bits per heavy atom. The lowest BCUT2D eigenvalue weighted by Crippen LogP contribution is -2.42. The van der Waals surface area contributed by atoms with Gasteiger partial charge in [0.2, 0.25) is 0 Å². The summed E-state index contributed by atoms with van der Waals surface area (Å²) in [4.78, 5) is 34.7. The van der Waals surface area contributed by atoms with E-state index in [1.165, 1.54) is 32.2 Å². The molecule has 0 saturated carbocycles. The van der Waals surface area contributed by atoms with Gasteiger partial charge in [0.05, 0.1) is 11.3 Å². The van der Waals surface area contributed by atoms with Crippen LogP contribution < -0.4 is 5.32 Å². The van der Waals surface area contributed by atoms with E-state index < -0.39 is 23.7 Å². The first-order valence-electron chi connectivity index (χ1n) is 6.57. The summed E-state index contributed by atoms with van der Waals surface area (Å²) in [5.41, 5.74) is 0.975. The van der Waals surface area contributed by atoms with Gasteiger partial charge in [-0.25, -0.2) is 14.4 Å². The highest BCUT2D eigenvalue weighted by molar-refractivity contribution is 9.10. The van der Waals surface area contributed by atoms with Gasteiger partial charge in [0, 0.05) is 24.5 Å². The van der Waals surface area contributed by atoms with Crippen molar-refractivity contribution >= 4 is 39.5 Å². The van der Waals surface area contributed by atoms with E-state index in [0.717, 1.165) is 0 Å². The molecule has 0 aliphatic carbocycles. The van der Waals surface area contributed by atoms with Crippen molar-refractivity contribution in [2.45, 2.75) is 26.6 Å². The van der Waals surface area contributed by atoms with Crippen LogP contribution in [0.1, 0.15) is 29.8 Å². The first kappa shape index (κ1) is 17.0. The second-order valence-corrected chi connectivity index (χ2v) is 6.19. The molecule has 1 aromatic rings. The molecule has 0 spiro atoms. The number of ether oxygens (including phenoxy) is 2. The van der Waals surface area contributed by atoms with Crippen LogP contribution in [0.4, 0.5) is 5.69 Å². The van der Waals surface area contributed by atoms with E-state index in [-0.39, 0.29) is 11.1 Å². The second kappa shape index (κ2) is 6.04. The van der Waals surface area contributed by atoms with Crippen molar-refractivity contribution in [2.75, 3.05) is 5.32 Å². The van der Waals surface area contributed by atoms with E-state index >= 15 is 0 Å². The molecule has 23 heavy (non-hydrogen) atoms. The van der Waals surface area contributed by atoms with Crippen LogP contribution in [-0.4, -0.2) is 28.8 Å². The Kier molecular flexibility index (Phi) is 4.46. The lowest BCUT2D eigenvalue weighted by molar-refractivity contribution is -0.222. The summed E-state index contributed by atoms with van der Waals surface area (Å²) in [6.45, 7) is 4.61. The van der Waals surface area contributed by atoms with Gasteiger partial charge < -0.3 is 19.9 Å². The van der Waals surface area contributed by atoms with Crippen molar-refractivity contribution in [3.8, 4) is 0 Å². The number of aromatic carboxylic acids is 1. The third-order valence-corrected chi connectivity index (χ3v) is 3.64. The lowest BCUT2D eigenvalue weighted by Gasteiger charge is -2.29. The zero-order chi connectivity index (χ0) is 17.4. The van der Waals surface area contributed by atoms with Crippen LogP contribution in [-0.2, 0) is 19.1 Å². The Bertz CT molecular complexity index is 692. The highest BCUT2D eigenvalue weighted by Gasteiger charge is 2.39. The highest BCUT2D eigenvalue weighted by atomic mass is 79.9. The monoisotopic (exact) mass is 383 g/mol. The van der Waals surface area contributed by atoms with Crippen LogP contribution in [0.15, 0.2) is 28.4 Å². The smallest absolute Gasteiger partial charge is 0.350 e. The van der Waals surface area contributed by atoms with E-state index in [0.29, 0.717) is 15.7 Å². The van der Waals surface area contributed by atoms with Crippen LogP contribution in [0.25, 0.3) is 0 Å². The minimum Gasteiger partial charge on any atom is -0.478 e. The third-order valence-electron chi connectivity index (χ3n) is 3.01. The first-order valence-corrected chi connectivity index (χ1v) is 7.37. The predicted octanol–water partition coefficient (Wildman–Crippen LogP) is 2.59. The Hall–Kier alpha value is -2.35. The van der Waals surface area contributed by atoms with Gasteiger partial charge >= 0.3 is 17.9 Å². The van der Waals surface area contributed by atoms with Crippen LogP contribution in [0.3, 0.4) is 0 Å². The number of carbonyl (C=O) groups excluding carboxylic acids is 2. The second-order valence-electron chi connectivity index (χ2n) is 5.34. The number of rotatable bonds is 3. The average molecular weight is 384 g/mol. The summed E-state index contributed by atoms with van der Waals surface area (Å²) < 4.78 is 10.4. The SMILES string of the molecule is Cc1cc(C(=O)O)cc(Br)c1NC=C1C(=O)OC(C)(C)OC1=O. The van der Waals surface area contributed by atoms with Crippen molar-refractivity contribution in [3.63, 3.8) is 0 Å². The first-order chi connectivity index (χ1) is 10.6.